The van der Waals surface area contributed by atoms with Gasteiger partial charge in [0.25, 0.3) is 5.56 Å². The molecule has 2 aromatic rings. The van der Waals surface area contributed by atoms with E-state index in [4.69, 9.17) is 12.2 Å². The number of carbonyl (C=O) groups excluding carboxylic acids is 1. The minimum atomic E-state index is -0.505. The van der Waals surface area contributed by atoms with E-state index in [1.165, 1.54) is 4.57 Å². The Morgan fingerprint density at radius 3 is 2.84 bits per heavy atom. The lowest BCUT2D eigenvalue weighted by Gasteiger charge is -2.23. The molecule has 98 valence electrons. The zero-order chi connectivity index (χ0) is 13.4. The largest absolute Gasteiger partial charge is 0.354 e. The van der Waals surface area contributed by atoms with Gasteiger partial charge in [0, 0.05) is 6.54 Å². The highest BCUT2D eigenvalue weighted by atomic mass is 32.1. The lowest BCUT2D eigenvalue weighted by atomic mass is 10.1. The lowest BCUT2D eigenvalue weighted by molar-refractivity contribution is -0.125. The van der Waals surface area contributed by atoms with Crippen LogP contribution < -0.4 is 10.9 Å². The van der Waals surface area contributed by atoms with Gasteiger partial charge in [-0.15, -0.1) is 0 Å². The summed E-state index contributed by atoms with van der Waals surface area (Å²) in [6, 6.07) is 6.67. The van der Waals surface area contributed by atoms with Crippen molar-refractivity contribution in [3.05, 3.63) is 39.4 Å². The van der Waals surface area contributed by atoms with E-state index in [0.717, 1.165) is 6.42 Å². The number of fused-ring (bicyclic) bond motifs is 1. The first-order valence-electron chi connectivity index (χ1n) is 6.20. The number of hydrogen-bond acceptors (Lipinski definition) is 3. The molecular weight excluding hydrogens is 262 g/mol. The van der Waals surface area contributed by atoms with Crippen LogP contribution in [0.4, 0.5) is 0 Å². The molecule has 1 fully saturated rings. The second-order valence-corrected chi connectivity index (χ2v) is 4.99. The molecule has 19 heavy (non-hydrogen) atoms. The summed E-state index contributed by atoms with van der Waals surface area (Å²) in [4.78, 5) is 27.4. The Labute approximate surface area is 114 Å². The average molecular weight is 275 g/mol. The Morgan fingerprint density at radius 2 is 2.05 bits per heavy atom. The summed E-state index contributed by atoms with van der Waals surface area (Å²) < 4.78 is 1.69. The maximum Gasteiger partial charge on any atom is 0.262 e. The van der Waals surface area contributed by atoms with E-state index in [1.807, 2.05) is 6.07 Å². The van der Waals surface area contributed by atoms with E-state index in [9.17, 15) is 9.59 Å². The van der Waals surface area contributed by atoms with Gasteiger partial charge in [0.1, 0.15) is 6.04 Å². The number of benzene rings is 1. The highest BCUT2D eigenvalue weighted by Crippen LogP contribution is 2.17. The van der Waals surface area contributed by atoms with Gasteiger partial charge in [0.15, 0.2) is 4.77 Å². The molecule has 0 aliphatic carbocycles. The maximum absolute atomic E-state index is 12.5. The number of hydrogen-bond donors (Lipinski definition) is 2. The maximum atomic E-state index is 12.5. The van der Waals surface area contributed by atoms with Gasteiger partial charge >= 0.3 is 0 Å². The van der Waals surface area contributed by atoms with Gasteiger partial charge in [0.2, 0.25) is 5.91 Å². The van der Waals surface area contributed by atoms with Crippen molar-refractivity contribution in [3.8, 4) is 0 Å². The predicted molar refractivity (Wildman–Crippen MR) is 74.7 cm³/mol. The molecule has 1 aliphatic heterocycles. The monoisotopic (exact) mass is 275 g/mol. The normalized spacial score (nSPS) is 19.4. The molecule has 1 amide bonds. The fraction of sp³-hybridized carbons (Fsp3) is 0.308. The SMILES string of the molecule is O=C1NCCCC1n1c(=S)[nH]c2ccccc2c1=O. The topological polar surface area (TPSA) is 66.9 Å². The molecule has 2 heterocycles. The standard InChI is InChI=1S/C13H13N3O2S/c17-11-10(6-3-7-14-11)16-12(18)8-4-1-2-5-9(8)15-13(16)19/h1-2,4-5,10H,3,6-7H2,(H,14,17)(H,15,19). The molecule has 2 N–H and O–H groups in total. The number of nitrogens with zero attached hydrogens (tertiary/aromatic N) is 1. The van der Waals surface area contributed by atoms with Gasteiger partial charge in [-0.25, -0.2) is 0 Å². The fourth-order valence-electron chi connectivity index (χ4n) is 2.46. The number of carbonyl (C=O) groups is 1. The van der Waals surface area contributed by atoms with Gasteiger partial charge < -0.3 is 10.3 Å². The molecule has 0 bridgehead atoms. The number of H-pyrrole nitrogens is 1. The van der Waals surface area contributed by atoms with Crippen molar-refractivity contribution in [1.82, 2.24) is 14.9 Å². The van der Waals surface area contributed by atoms with Gasteiger partial charge in [-0.05, 0) is 37.2 Å². The molecule has 1 aromatic heterocycles. The average Bonchev–Trinajstić information content (AvgIpc) is 2.41. The van der Waals surface area contributed by atoms with Crippen molar-refractivity contribution < 1.29 is 4.79 Å². The van der Waals surface area contributed by atoms with Crippen LogP contribution in [0.3, 0.4) is 0 Å². The van der Waals surface area contributed by atoms with E-state index < -0.39 is 6.04 Å². The fourth-order valence-corrected chi connectivity index (χ4v) is 2.78. The summed E-state index contributed by atoms with van der Waals surface area (Å²) in [7, 11) is 0. The molecular formula is C13H13N3O2S. The van der Waals surface area contributed by atoms with Crippen molar-refractivity contribution in [2.45, 2.75) is 18.9 Å². The van der Waals surface area contributed by atoms with Crippen LogP contribution in [0.25, 0.3) is 10.9 Å². The highest BCUT2D eigenvalue weighted by molar-refractivity contribution is 7.71. The van der Waals surface area contributed by atoms with Crippen molar-refractivity contribution in [3.63, 3.8) is 0 Å². The van der Waals surface area contributed by atoms with Gasteiger partial charge in [0.05, 0.1) is 10.9 Å². The summed E-state index contributed by atoms with van der Waals surface area (Å²) in [5.74, 6) is -0.136. The summed E-state index contributed by atoms with van der Waals surface area (Å²) >= 11 is 5.23. The molecule has 1 aliphatic rings. The van der Waals surface area contributed by atoms with Crippen LogP contribution in [0.15, 0.2) is 29.1 Å². The van der Waals surface area contributed by atoms with E-state index in [0.29, 0.717) is 28.6 Å². The third kappa shape index (κ3) is 1.98. The van der Waals surface area contributed by atoms with E-state index in [2.05, 4.69) is 10.3 Å². The molecule has 1 unspecified atom stereocenters. The van der Waals surface area contributed by atoms with Crippen LogP contribution in [0.1, 0.15) is 18.9 Å². The minimum absolute atomic E-state index is 0.136. The highest BCUT2D eigenvalue weighted by Gasteiger charge is 2.26. The molecule has 3 rings (SSSR count). The van der Waals surface area contributed by atoms with Crippen LogP contribution in [-0.2, 0) is 4.79 Å². The third-order valence-corrected chi connectivity index (χ3v) is 3.70. The number of nitrogens with one attached hydrogen (secondary N) is 2. The van der Waals surface area contributed by atoms with Crippen LogP contribution in [-0.4, -0.2) is 22.0 Å². The number of rotatable bonds is 1. The molecule has 1 saturated heterocycles. The first-order chi connectivity index (χ1) is 9.18. The van der Waals surface area contributed by atoms with Crippen LogP contribution in [0.2, 0.25) is 0 Å². The Kier molecular flexibility index (Phi) is 2.94. The van der Waals surface area contributed by atoms with Gasteiger partial charge in [-0.1, -0.05) is 12.1 Å². The summed E-state index contributed by atoms with van der Waals surface area (Å²) in [5.41, 5.74) is 0.492. The zero-order valence-corrected chi connectivity index (χ0v) is 11.0. The molecule has 0 spiro atoms. The van der Waals surface area contributed by atoms with Crippen LogP contribution in [0.5, 0.6) is 0 Å². The lowest BCUT2D eigenvalue weighted by Crippen LogP contribution is -2.42. The van der Waals surface area contributed by atoms with E-state index in [1.54, 1.807) is 18.2 Å². The Hall–Kier alpha value is -1.95. The number of aromatic amines is 1. The van der Waals surface area contributed by atoms with Crippen molar-refractivity contribution in [2.24, 2.45) is 0 Å². The third-order valence-electron chi connectivity index (χ3n) is 3.40. The number of para-hydroxylation sites is 1. The Balaban J connectivity index is 2.26. The first kappa shape index (κ1) is 12.1. The van der Waals surface area contributed by atoms with Crippen molar-refractivity contribution in [2.75, 3.05) is 6.54 Å². The molecule has 0 radical (unpaired) electrons. The van der Waals surface area contributed by atoms with Crippen LogP contribution in [0, 0.1) is 4.77 Å². The number of amides is 1. The van der Waals surface area contributed by atoms with Crippen molar-refractivity contribution in [1.29, 1.82) is 0 Å². The molecule has 5 nitrogen and oxygen atoms in total. The number of aromatic nitrogens is 2. The number of piperidine rings is 1. The smallest absolute Gasteiger partial charge is 0.262 e. The zero-order valence-electron chi connectivity index (χ0n) is 10.2. The summed E-state index contributed by atoms with van der Waals surface area (Å²) in [6.45, 7) is 0.661. The van der Waals surface area contributed by atoms with Gasteiger partial charge in [-0.3, -0.25) is 14.2 Å². The first-order valence-corrected chi connectivity index (χ1v) is 6.60. The van der Waals surface area contributed by atoms with Crippen molar-refractivity contribution >= 4 is 29.0 Å². The van der Waals surface area contributed by atoms with E-state index in [-0.39, 0.29) is 11.5 Å². The summed E-state index contributed by atoms with van der Waals surface area (Å²) in [5, 5.41) is 3.32. The molecule has 1 aromatic carbocycles. The minimum Gasteiger partial charge on any atom is -0.354 e. The molecule has 0 saturated carbocycles. The van der Waals surface area contributed by atoms with E-state index >= 15 is 0 Å². The Morgan fingerprint density at radius 1 is 1.26 bits per heavy atom. The molecule has 1 atom stereocenters. The van der Waals surface area contributed by atoms with Gasteiger partial charge in [-0.2, -0.15) is 0 Å². The summed E-state index contributed by atoms with van der Waals surface area (Å²) in [6.07, 6.45) is 1.49. The second kappa shape index (κ2) is 4.62. The van der Waals surface area contributed by atoms with Crippen LogP contribution >= 0.6 is 12.2 Å². The predicted octanol–water partition coefficient (Wildman–Crippen LogP) is 1.51. The second-order valence-electron chi connectivity index (χ2n) is 4.60. The quantitative estimate of drug-likeness (QED) is 0.775. The molecule has 6 heteroatoms. The Bertz CT molecular complexity index is 762.